The number of carbonyl (C=O) groups is 3. The van der Waals surface area contributed by atoms with Gasteiger partial charge in [-0.15, -0.1) is 0 Å². The van der Waals surface area contributed by atoms with E-state index in [4.69, 9.17) is 14.2 Å². The van der Waals surface area contributed by atoms with Crippen LogP contribution in [-0.2, 0) is 28.6 Å². The largest absolute Gasteiger partial charge is 0.462 e. The molecule has 1 unspecified atom stereocenters. The molecule has 0 aromatic carbocycles. The fourth-order valence-corrected chi connectivity index (χ4v) is 8.92. The second kappa shape index (κ2) is 58.9. The maximum atomic E-state index is 12.8. The Morgan fingerprint density at radius 3 is 0.843 bits per heavy atom. The van der Waals surface area contributed by atoms with Gasteiger partial charge in [0.05, 0.1) is 0 Å². The van der Waals surface area contributed by atoms with E-state index < -0.39 is 6.10 Å². The van der Waals surface area contributed by atoms with E-state index in [1.54, 1.807) is 0 Å². The molecule has 0 amide bonds. The molecule has 70 heavy (non-hydrogen) atoms. The second-order valence-corrected chi connectivity index (χ2v) is 20.6. The number of rotatable bonds is 56. The van der Waals surface area contributed by atoms with Crippen LogP contribution in [0.1, 0.15) is 323 Å². The van der Waals surface area contributed by atoms with E-state index in [0.29, 0.717) is 19.3 Å². The average molecular weight is 982 g/mol. The van der Waals surface area contributed by atoms with Crippen molar-refractivity contribution >= 4 is 17.9 Å². The van der Waals surface area contributed by atoms with Gasteiger partial charge in [0.1, 0.15) is 13.2 Å². The fourth-order valence-electron chi connectivity index (χ4n) is 8.92. The predicted molar refractivity (Wildman–Crippen MR) is 302 cm³/mol. The first-order valence-corrected chi connectivity index (χ1v) is 30.6. The quantitative estimate of drug-likeness (QED) is 0.0261. The molecule has 6 heteroatoms. The van der Waals surface area contributed by atoms with E-state index in [9.17, 15) is 14.4 Å². The molecular weight excluding hydrogens is 865 g/mol. The van der Waals surface area contributed by atoms with Crippen molar-refractivity contribution in [1.29, 1.82) is 0 Å². The van der Waals surface area contributed by atoms with Crippen LogP contribution in [0.5, 0.6) is 0 Å². The van der Waals surface area contributed by atoms with Crippen molar-refractivity contribution in [3.63, 3.8) is 0 Å². The Bertz CT molecular complexity index is 1220. The van der Waals surface area contributed by atoms with Crippen molar-refractivity contribution in [2.24, 2.45) is 0 Å². The summed E-state index contributed by atoms with van der Waals surface area (Å²) >= 11 is 0. The van der Waals surface area contributed by atoms with Crippen LogP contribution in [0.15, 0.2) is 48.6 Å². The molecule has 0 heterocycles. The van der Waals surface area contributed by atoms with Crippen LogP contribution in [-0.4, -0.2) is 37.2 Å². The van der Waals surface area contributed by atoms with Gasteiger partial charge in [-0.05, 0) is 83.5 Å². The minimum Gasteiger partial charge on any atom is -0.462 e. The van der Waals surface area contributed by atoms with Gasteiger partial charge in [-0.1, -0.05) is 268 Å². The third kappa shape index (κ3) is 56.3. The zero-order valence-electron chi connectivity index (χ0n) is 46.8. The molecule has 0 aliphatic heterocycles. The average Bonchev–Trinajstić information content (AvgIpc) is 3.36. The maximum absolute atomic E-state index is 12.8. The van der Waals surface area contributed by atoms with Gasteiger partial charge >= 0.3 is 17.9 Å². The second-order valence-electron chi connectivity index (χ2n) is 20.6. The number of hydrogen-bond acceptors (Lipinski definition) is 6. The van der Waals surface area contributed by atoms with Crippen LogP contribution in [0.3, 0.4) is 0 Å². The van der Waals surface area contributed by atoms with Crippen molar-refractivity contribution in [3.8, 4) is 0 Å². The fraction of sp³-hybridized carbons (Fsp3) is 0.828. The van der Waals surface area contributed by atoms with Crippen LogP contribution in [0.25, 0.3) is 0 Å². The van der Waals surface area contributed by atoms with E-state index in [2.05, 4.69) is 69.4 Å². The van der Waals surface area contributed by atoms with Gasteiger partial charge in [0.2, 0.25) is 0 Å². The molecule has 0 spiro atoms. The standard InChI is InChI=1S/C64H116O6/c1-4-7-10-13-16-19-21-23-25-27-29-30-31-32-33-34-36-37-39-41-43-45-48-51-54-57-63(66)69-60-61(59-68-62(65)56-53-50-47-18-15-12-9-6-3)70-64(67)58-55-52-49-46-44-42-40-38-35-28-26-24-22-20-17-14-11-8-5-2/h17,20,24,26-27,29,35,38,61H,4-16,18-19,21-23,25,28,30-34,36-37,39-60H2,1-3H3/b20-17-,26-24-,29-27-,38-35-. The molecule has 0 N–H and O–H groups in total. The minimum atomic E-state index is -0.777. The maximum Gasteiger partial charge on any atom is 0.306 e. The predicted octanol–water partition coefficient (Wildman–Crippen LogP) is 20.6. The van der Waals surface area contributed by atoms with Crippen molar-refractivity contribution in [1.82, 2.24) is 0 Å². The Kier molecular flexibility index (Phi) is 56.7. The third-order valence-corrected chi connectivity index (χ3v) is 13.6. The highest BCUT2D eigenvalue weighted by Crippen LogP contribution is 2.16. The highest BCUT2D eigenvalue weighted by molar-refractivity contribution is 5.71. The van der Waals surface area contributed by atoms with Crippen LogP contribution < -0.4 is 0 Å². The first kappa shape index (κ1) is 67.4. The smallest absolute Gasteiger partial charge is 0.306 e. The van der Waals surface area contributed by atoms with Crippen LogP contribution in [0.2, 0.25) is 0 Å². The Balaban J connectivity index is 4.17. The van der Waals surface area contributed by atoms with Gasteiger partial charge in [-0.2, -0.15) is 0 Å². The first-order chi connectivity index (χ1) is 34.5. The van der Waals surface area contributed by atoms with Crippen molar-refractivity contribution in [3.05, 3.63) is 48.6 Å². The zero-order valence-corrected chi connectivity index (χ0v) is 46.8. The molecule has 0 saturated carbocycles. The summed E-state index contributed by atoms with van der Waals surface area (Å²) in [6.07, 6.45) is 72.7. The summed E-state index contributed by atoms with van der Waals surface area (Å²) in [5.74, 6) is -0.878. The number of hydrogen-bond donors (Lipinski definition) is 0. The molecule has 0 saturated heterocycles. The van der Waals surface area contributed by atoms with Gasteiger partial charge in [0.25, 0.3) is 0 Å². The molecule has 6 nitrogen and oxygen atoms in total. The van der Waals surface area contributed by atoms with Gasteiger partial charge in [0, 0.05) is 19.3 Å². The lowest BCUT2D eigenvalue weighted by molar-refractivity contribution is -0.167. The Morgan fingerprint density at radius 2 is 0.514 bits per heavy atom. The molecule has 0 aliphatic carbocycles. The molecule has 408 valence electrons. The monoisotopic (exact) mass is 981 g/mol. The number of esters is 3. The summed E-state index contributed by atoms with van der Waals surface area (Å²) in [6, 6.07) is 0. The van der Waals surface area contributed by atoms with Gasteiger partial charge in [0.15, 0.2) is 6.10 Å². The first-order valence-electron chi connectivity index (χ1n) is 30.6. The van der Waals surface area contributed by atoms with Crippen molar-refractivity contribution < 1.29 is 28.6 Å². The molecule has 0 radical (unpaired) electrons. The highest BCUT2D eigenvalue weighted by atomic mass is 16.6. The summed E-state index contributed by atoms with van der Waals surface area (Å²) < 4.78 is 16.8. The number of ether oxygens (including phenoxy) is 3. The normalized spacial score (nSPS) is 12.3. The zero-order chi connectivity index (χ0) is 50.7. The topological polar surface area (TPSA) is 78.9 Å². The number of allylic oxidation sites excluding steroid dienone is 8. The summed E-state index contributed by atoms with van der Waals surface area (Å²) in [6.45, 7) is 6.61. The Hall–Kier alpha value is -2.63. The molecule has 1 atom stereocenters. The molecule has 0 aromatic rings. The number of unbranched alkanes of at least 4 members (excludes halogenated alkanes) is 37. The molecule has 0 bridgehead atoms. The molecular formula is C64H116O6. The van der Waals surface area contributed by atoms with E-state index in [1.807, 2.05) is 0 Å². The van der Waals surface area contributed by atoms with Crippen LogP contribution >= 0.6 is 0 Å². The summed E-state index contributed by atoms with van der Waals surface area (Å²) in [5, 5.41) is 0. The van der Waals surface area contributed by atoms with E-state index in [1.165, 1.54) is 205 Å². The molecule has 0 fully saturated rings. The van der Waals surface area contributed by atoms with Gasteiger partial charge in [-0.25, -0.2) is 0 Å². The van der Waals surface area contributed by atoms with Crippen LogP contribution in [0, 0.1) is 0 Å². The minimum absolute atomic E-state index is 0.0757. The van der Waals surface area contributed by atoms with Crippen LogP contribution in [0.4, 0.5) is 0 Å². The molecule has 0 aliphatic rings. The molecule has 0 rings (SSSR count). The molecule has 0 aromatic heterocycles. The lowest BCUT2D eigenvalue weighted by atomic mass is 10.0. The van der Waals surface area contributed by atoms with Crippen molar-refractivity contribution in [2.45, 2.75) is 329 Å². The van der Waals surface area contributed by atoms with E-state index in [-0.39, 0.29) is 31.1 Å². The van der Waals surface area contributed by atoms with Gasteiger partial charge in [-0.3, -0.25) is 14.4 Å². The highest BCUT2D eigenvalue weighted by Gasteiger charge is 2.19. The summed E-state index contributed by atoms with van der Waals surface area (Å²) in [5.41, 5.74) is 0. The Morgan fingerprint density at radius 1 is 0.286 bits per heavy atom. The SMILES string of the molecule is CCCCC/C=C\C/C=C\C/C=C\CCCCCCCCC(=O)OC(COC(=O)CCCCCCCCCC)COC(=O)CCCCCCCCCCCCCCC/C=C\CCCCCCCCCC. The van der Waals surface area contributed by atoms with E-state index in [0.717, 1.165) is 77.0 Å². The van der Waals surface area contributed by atoms with E-state index >= 15 is 0 Å². The van der Waals surface area contributed by atoms with Crippen molar-refractivity contribution in [2.75, 3.05) is 13.2 Å². The van der Waals surface area contributed by atoms with Gasteiger partial charge < -0.3 is 14.2 Å². The summed E-state index contributed by atoms with van der Waals surface area (Å²) in [4.78, 5) is 38.1. The third-order valence-electron chi connectivity index (χ3n) is 13.6. The lowest BCUT2D eigenvalue weighted by Crippen LogP contribution is -2.30. The number of carbonyl (C=O) groups excluding carboxylic acids is 3. The lowest BCUT2D eigenvalue weighted by Gasteiger charge is -2.18. The Labute approximate surface area is 435 Å². The summed E-state index contributed by atoms with van der Waals surface area (Å²) in [7, 11) is 0.